The van der Waals surface area contributed by atoms with Crippen LogP contribution in [-0.4, -0.2) is 19.8 Å². The van der Waals surface area contributed by atoms with Gasteiger partial charge in [-0.1, -0.05) is 0 Å². The molecule has 0 aromatic rings. The molecule has 0 aliphatic heterocycles. The number of hydrogen-bond acceptors (Lipinski definition) is 2. The van der Waals surface area contributed by atoms with Gasteiger partial charge in [0.25, 0.3) is 0 Å². The first-order chi connectivity index (χ1) is 2.77. The molecule has 0 fully saturated rings. The third kappa shape index (κ3) is 5.26. The third-order valence-electron chi connectivity index (χ3n) is 0.224. The summed E-state index contributed by atoms with van der Waals surface area (Å²) in [5.74, 6) is 0. The molecule has 0 aromatic heterocycles. The molecule has 3 heteroatoms. The molecule has 0 rings (SSSR count). The van der Waals surface area contributed by atoms with Crippen molar-refractivity contribution in [1.82, 2.24) is 0 Å². The van der Waals surface area contributed by atoms with E-state index in [2.05, 4.69) is 17.7 Å². The molecule has 0 unspecified atom stereocenters. The Labute approximate surface area is 51.1 Å². The van der Waals surface area contributed by atoms with Crippen molar-refractivity contribution < 1.29 is 0 Å². The molecule has 0 bridgehead atoms. The minimum atomic E-state index is -0.344. The molecule has 38 valence electrons. The predicted molar refractivity (Wildman–Crippen MR) is 38.6 cm³/mol. The Kier molecular flexibility index (Phi) is 5.34. The van der Waals surface area contributed by atoms with E-state index in [0.29, 0.717) is 0 Å². The van der Waals surface area contributed by atoms with Crippen molar-refractivity contribution in [3.8, 4) is 0 Å². The van der Waals surface area contributed by atoms with Gasteiger partial charge >= 0.3 is 51.0 Å². The van der Waals surface area contributed by atoms with Crippen LogP contribution in [0.1, 0.15) is 0 Å². The van der Waals surface area contributed by atoms with Crippen LogP contribution in [0, 0.1) is 0 Å². The van der Waals surface area contributed by atoms with Gasteiger partial charge in [-0.15, -0.1) is 0 Å². The molecule has 0 saturated heterocycles. The summed E-state index contributed by atoms with van der Waals surface area (Å²) < 4.78 is 0. The van der Waals surface area contributed by atoms with Gasteiger partial charge in [0.15, 0.2) is 0 Å². The van der Waals surface area contributed by atoms with Gasteiger partial charge in [0.05, 0.1) is 0 Å². The zero-order valence-corrected chi connectivity index (χ0v) is 7.77. The van der Waals surface area contributed by atoms with E-state index in [4.69, 9.17) is 0 Å². The van der Waals surface area contributed by atoms with Gasteiger partial charge in [0, 0.05) is 0 Å². The van der Waals surface area contributed by atoms with Gasteiger partial charge in [-0.25, -0.2) is 0 Å². The van der Waals surface area contributed by atoms with E-state index in [1.165, 1.54) is 0 Å². The zero-order chi connectivity index (χ0) is 4.99. The molecule has 0 nitrogen and oxygen atoms in total. The van der Waals surface area contributed by atoms with Crippen LogP contribution in [0.15, 0.2) is 0 Å². The first-order valence-electron chi connectivity index (χ1n) is 1.65. The fourth-order valence-corrected chi connectivity index (χ4v) is 6.97. The standard InChI is InChI=1S/C3H9AsS2/c1-4(2)6-5-3/h1-3H3. The molecular formula is C3H9AsS2. The maximum atomic E-state index is 2.34. The van der Waals surface area contributed by atoms with E-state index in [0.717, 1.165) is 0 Å². The summed E-state index contributed by atoms with van der Waals surface area (Å²) in [4.78, 5) is 0. The van der Waals surface area contributed by atoms with Crippen LogP contribution in [0.4, 0.5) is 0 Å². The summed E-state index contributed by atoms with van der Waals surface area (Å²) >= 11 is -0.344. The zero-order valence-electron chi connectivity index (χ0n) is 4.26. The molecule has 0 amide bonds. The second-order valence-electron chi connectivity index (χ2n) is 1.05. The van der Waals surface area contributed by atoms with Crippen molar-refractivity contribution in [2.24, 2.45) is 0 Å². The molecule has 0 radical (unpaired) electrons. The Morgan fingerprint density at radius 3 is 1.83 bits per heavy atom. The Balaban J connectivity index is 2.63. The van der Waals surface area contributed by atoms with Crippen molar-refractivity contribution in [2.75, 3.05) is 6.26 Å². The maximum absolute atomic E-state index is 2.34. The van der Waals surface area contributed by atoms with Gasteiger partial charge in [-0.3, -0.25) is 0 Å². The Hall–Kier alpha value is 1.26. The summed E-state index contributed by atoms with van der Waals surface area (Å²) in [5, 5.41) is 0. The summed E-state index contributed by atoms with van der Waals surface area (Å²) in [6.45, 7) is 0. The van der Waals surface area contributed by atoms with Crippen LogP contribution < -0.4 is 0 Å². The molecule has 0 atom stereocenters. The van der Waals surface area contributed by atoms with Crippen molar-refractivity contribution in [2.45, 2.75) is 11.4 Å². The minimum absolute atomic E-state index is 0.344. The quantitative estimate of drug-likeness (QED) is 0.477. The normalized spacial score (nSPS) is 10.0. The third-order valence-corrected chi connectivity index (χ3v) is 10.5. The average Bonchev–Trinajstić information content (AvgIpc) is 1.35. The van der Waals surface area contributed by atoms with E-state index in [-0.39, 0.29) is 13.5 Å². The molecule has 0 spiro atoms. The second-order valence-corrected chi connectivity index (χ2v) is 13.0. The second kappa shape index (κ2) is 4.42. The van der Waals surface area contributed by atoms with Gasteiger partial charge in [0.2, 0.25) is 0 Å². The first-order valence-corrected chi connectivity index (χ1v) is 10.2. The predicted octanol–water partition coefficient (Wildman–Crippen LogP) is 2.25. The number of hydrogen-bond donors (Lipinski definition) is 0. The van der Waals surface area contributed by atoms with Gasteiger partial charge in [0.1, 0.15) is 0 Å². The van der Waals surface area contributed by atoms with E-state index in [1.54, 1.807) is 0 Å². The summed E-state index contributed by atoms with van der Waals surface area (Å²) in [6.07, 6.45) is 2.14. The first kappa shape index (κ1) is 7.26. The van der Waals surface area contributed by atoms with Gasteiger partial charge in [-0.05, 0) is 0 Å². The van der Waals surface area contributed by atoms with E-state index in [9.17, 15) is 0 Å². The van der Waals surface area contributed by atoms with E-state index in [1.807, 2.05) is 19.9 Å². The Morgan fingerprint density at radius 1 is 1.33 bits per heavy atom. The van der Waals surface area contributed by atoms with E-state index >= 15 is 0 Å². The molecule has 0 saturated carbocycles. The summed E-state index contributed by atoms with van der Waals surface area (Å²) in [5.41, 5.74) is 4.68. The topological polar surface area (TPSA) is 0 Å². The summed E-state index contributed by atoms with van der Waals surface area (Å²) in [6, 6.07) is 0. The van der Waals surface area contributed by atoms with Crippen LogP contribution in [-0.2, 0) is 0 Å². The molecule has 0 aliphatic rings. The fourth-order valence-electron chi connectivity index (χ4n) is 0.149. The van der Waals surface area contributed by atoms with Crippen LogP contribution in [0.25, 0.3) is 0 Å². The van der Waals surface area contributed by atoms with E-state index < -0.39 is 0 Å². The van der Waals surface area contributed by atoms with Crippen molar-refractivity contribution in [3.63, 3.8) is 0 Å². The van der Waals surface area contributed by atoms with Crippen molar-refractivity contribution >= 4 is 33.3 Å². The monoisotopic (exact) mass is 184 g/mol. The number of rotatable bonds is 2. The molecule has 0 heterocycles. The van der Waals surface area contributed by atoms with Crippen LogP contribution in [0.2, 0.25) is 11.4 Å². The van der Waals surface area contributed by atoms with Crippen molar-refractivity contribution in [3.05, 3.63) is 0 Å². The Bertz CT molecular complexity index is 30.0. The molecule has 0 aromatic carbocycles. The molecule has 6 heavy (non-hydrogen) atoms. The molecule has 0 N–H and O–H groups in total. The average molecular weight is 184 g/mol. The Morgan fingerprint density at radius 2 is 1.83 bits per heavy atom. The molecular weight excluding hydrogens is 175 g/mol. The fraction of sp³-hybridized carbons (Fsp3) is 1.00. The van der Waals surface area contributed by atoms with Gasteiger partial charge < -0.3 is 0 Å². The SMILES string of the molecule is CSS[As](C)C. The van der Waals surface area contributed by atoms with Crippen molar-refractivity contribution in [1.29, 1.82) is 0 Å². The van der Waals surface area contributed by atoms with Crippen LogP contribution >= 0.6 is 19.9 Å². The summed E-state index contributed by atoms with van der Waals surface area (Å²) in [7, 11) is 3.94. The van der Waals surface area contributed by atoms with Crippen LogP contribution in [0.5, 0.6) is 0 Å². The van der Waals surface area contributed by atoms with Gasteiger partial charge in [-0.2, -0.15) is 0 Å². The van der Waals surface area contributed by atoms with Crippen LogP contribution in [0.3, 0.4) is 0 Å². The molecule has 0 aliphatic carbocycles.